The van der Waals surface area contributed by atoms with Crippen molar-refractivity contribution in [1.82, 2.24) is 4.31 Å². The van der Waals surface area contributed by atoms with Crippen LogP contribution in [0.15, 0.2) is 53.4 Å². The van der Waals surface area contributed by atoms with Crippen molar-refractivity contribution in [2.45, 2.75) is 31.6 Å². The Morgan fingerprint density at radius 1 is 1.00 bits per heavy atom. The quantitative estimate of drug-likeness (QED) is 0.592. The fourth-order valence-corrected chi connectivity index (χ4v) is 4.66. The standard InChI is InChI=1S/C21H23NO3S/c1-16-5-6-18(17(2)15-16)9-12-21(23)19-7-10-20(11-8-19)26(24,25)22-13-3-4-14-22/h5-12,15H,3-4,13-14H2,1-2H3/b12-9+. The summed E-state index contributed by atoms with van der Waals surface area (Å²) < 4.78 is 26.5. The summed E-state index contributed by atoms with van der Waals surface area (Å²) in [5.41, 5.74) is 3.77. The number of aryl methyl sites for hydroxylation is 2. The number of carbonyl (C=O) groups is 1. The third-order valence-electron chi connectivity index (χ3n) is 4.68. The highest BCUT2D eigenvalue weighted by molar-refractivity contribution is 7.89. The van der Waals surface area contributed by atoms with Gasteiger partial charge in [0, 0.05) is 18.7 Å². The molecule has 1 saturated heterocycles. The number of hydrogen-bond acceptors (Lipinski definition) is 3. The average Bonchev–Trinajstić information content (AvgIpc) is 3.16. The molecule has 0 radical (unpaired) electrons. The molecule has 3 rings (SSSR count). The minimum atomic E-state index is -3.44. The number of allylic oxidation sites excluding steroid dienone is 1. The fourth-order valence-electron chi connectivity index (χ4n) is 3.14. The van der Waals surface area contributed by atoms with Crippen LogP contribution in [0.3, 0.4) is 0 Å². The molecular formula is C21H23NO3S. The van der Waals surface area contributed by atoms with Crippen LogP contribution in [0, 0.1) is 13.8 Å². The first-order chi connectivity index (χ1) is 12.4. The van der Waals surface area contributed by atoms with E-state index in [1.807, 2.05) is 26.0 Å². The van der Waals surface area contributed by atoms with Gasteiger partial charge >= 0.3 is 0 Å². The van der Waals surface area contributed by atoms with E-state index in [1.165, 1.54) is 28.1 Å². The van der Waals surface area contributed by atoms with E-state index < -0.39 is 10.0 Å². The van der Waals surface area contributed by atoms with Gasteiger partial charge < -0.3 is 0 Å². The Bertz CT molecular complexity index is 938. The Morgan fingerprint density at radius 2 is 1.65 bits per heavy atom. The number of rotatable bonds is 5. The molecule has 4 nitrogen and oxygen atoms in total. The van der Waals surface area contributed by atoms with Crippen molar-refractivity contribution in [3.8, 4) is 0 Å². The van der Waals surface area contributed by atoms with Gasteiger partial charge in [-0.25, -0.2) is 8.42 Å². The molecule has 0 aliphatic carbocycles. The number of nitrogens with zero attached hydrogens (tertiary/aromatic N) is 1. The summed E-state index contributed by atoms with van der Waals surface area (Å²) in [7, 11) is -3.44. The van der Waals surface area contributed by atoms with Crippen molar-refractivity contribution in [2.75, 3.05) is 13.1 Å². The summed E-state index contributed by atoms with van der Waals surface area (Å²) in [6.07, 6.45) is 5.13. The zero-order chi connectivity index (χ0) is 18.7. The van der Waals surface area contributed by atoms with Crippen LogP contribution in [0.1, 0.15) is 39.9 Å². The van der Waals surface area contributed by atoms with E-state index in [4.69, 9.17) is 0 Å². The average molecular weight is 369 g/mol. The van der Waals surface area contributed by atoms with E-state index in [1.54, 1.807) is 18.2 Å². The molecule has 0 bridgehead atoms. The van der Waals surface area contributed by atoms with Gasteiger partial charge in [0.2, 0.25) is 10.0 Å². The van der Waals surface area contributed by atoms with E-state index in [2.05, 4.69) is 6.07 Å². The van der Waals surface area contributed by atoms with Crippen LogP contribution < -0.4 is 0 Å². The summed E-state index contributed by atoms with van der Waals surface area (Å²) >= 11 is 0. The molecule has 2 aromatic rings. The normalized spacial score (nSPS) is 15.6. The zero-order valence-electron chi connectivity index (χ0n) is 15.1. The molecule has 0 spiro atoms. The van der Waals surface area contributed by atoms with Crippen LogP contribution in [0.25, 0.3) is 6.08 Å². The van der Waals surface area contributed by atoms with Gasteiger partial charge in [-0.2, -0.15) is 4.31 Å². The molecule has 26 heavy (non-hydrogen) atoms. The first-order valence-corrected chi connectivity index (χ1v) is 10.2. The summed E-state index contributed by atoms with van der Waals surface area (Å²) in [6.45, 7) is 5.18. The van der Waals surface area contributed by atoms with E-state index in [9.17, 15) is 13.2 Å². The lowest BCUT2D eigenvalue weighted by atomic mass is 10.0. The predicted molar refractivity (Wildman–Crippen MR) is 104 cm³/mol. The topological polar surface area (TPSA) is 54.5 Å². The van der Waals surface area contributed by atoms with Gasteiger partial charge in [-0.1, -0.05) is 29.8 Å². The Labute approximate surface area is 155 Å². The second-order valence-electron chi connectivity index (χ2n) is 6.69. The summed E-state index contributed by atoms with van der Waals surface area (Å²) in [4.78, 5) is 12.6. The Hall–Kier alpha value is -2.24. The molecule has 0 amide bonds. The number of ketones is 1. The van der Waals surface area contributed by atoms with E-state index in [-0.39, 0.29) is 10.7 Å². The highest BCUT2D eigenvalue weighted by Gasteiger charge is 2.26. The Kier molecular flexibility index (Phi) is 5.39. The van der Waals surface area contributed by atoms with Crippen molar-refractivity contribution in [3.63, 3.8) is 0 Å². The van der Waals surface area contributed by atoms with Crippen LogP contribution in [-0.2, 0) is 10.0 Å². The van der Waals surface area contributed by atoms with E-state index in [0.717, 1.165) is 24.0 Å². The zero-order valence-corrected chi connectivity index (χ0v) is 15.9. The predicted octanol–water partition coefficient (Wildman–Crippen LogP) is 3.98. The molecular weight excluding hydrogens is 346 g/mol. The van der Waals surface area contributed by atoms with E-state index >= 15 is 0 Å². The first kappa shape index (κ1) is 18.5. The number of hydrogen-bond donors (Lipinski definition) is 0. The maximum absolute atomic E-state index is 12.5. The molecule has 136 valence electrons. The maximum Gasteiger partial charge on any atom is 0.243 e. The third-order valence-corrected chi connectivity index (χ3v) is 6.59. The van der Waals surface area contributed by atoms with Crippen LogP contribution in [0.2, 0.25) is 0 Å². The smallest absolute Gasteiger partial charge is 0.243 e. The molecule has 0 N–H and O–H groups in total. The highest BCUT2D eigenvalue weighted by Crippen LogP contribution is 2.21. The van der Waals surface area contributed by atoms with Crippen molar-refractivity contribution >= 4 is 21.9 Å². The molecule has 5 heteroatoms. The van der Waals surface area contributed by atoms with Crippen molar-refractivity contribution < 1.29 is 13.2 Å². The molecule has 0 aromatic heterocycles. The Morgan fingerprint density at radius 3 is 2.27 bits per heavy atom. The van der Waals surface area contributed by atoms with Gasteiger partial charge in [-0.3, -0.25) is 4.79 Å². The summed E-state index contributed by atoms with van der Waals surface area (Å²) in [5.74, 6) is -0.143. The minimum Gasteiger partial charge on any atom is -0.289 e. The molecule has 1 fully saturated rings. The lowest BCUT2D eigenvalue weighted by molar-refractivity contribution is 0.104. The molecule has 1 aliphatic heterocycles. The van der Waals surface area contributed by atoms with Gasteiger partial charge in [-0.15, -0.1) is 0 Å². The molecule has 1 heterocycles. The van der Waals surface area contributed by atoms with Crippen molar-refractivity contribution in [2.24, 2.45) is 0 Å². The molecule has 0 atom stereocenters. The van der Waals surface area contributed by atoms with Gasteiger partial charge in [0.25, 0.3) is 0 Å². The largest absolute Gasteiger partial charge is 0.289 e. The molecule has 0 unspecified atom stereocenters. The van der Waals surface area contributed by atoms with Gasteiger partial charge in [0.1, 0.15) is 0 Å². The first-order valence-electron chi connectivity index (χ1n) is 8.78. The second-order valence-corrected chi connectivity index (χ2v) is 8.63. The van der Waals surface area contributed by atoms with E-state index in [0.29, 0.717) is 18.7 Å². The highest BCUT2D eigenvalue weighted by atomic mass is 32.2. The lowest BCUT2D eigenvalue weighted by Gasteiger charge is -2.15. The number of carbonyl (C=O) groups excluding carboxylic acids is 1. The fraction of sp³-hybridized carbons (Fsp3) is 0.286. The van der Waals surface area contributed by atoms with Crippen LogP contribution in [0.5, 0.6) is 0 Å². The van der Waals surface area contributed by atoms with Crippen LogP contribution >= 0.6 is 0 Å². The van der Waals surface area contributed by atoms with Crippen LogP contribution in [-0.4, -0.2) is 31.6 Å². The lowest BCUT2D eigenvalue weighted by Crippen LogP contribution is -2.27. The monoisotopic (exact) mass is 369 g/mol. The number of sulfonamides is 1. The van der Waals surface area contributed by atoms with Gasteiger partial charge in [0.05, 0.1) is 4.90 Å². The maximum atomic E-state index is 12.5. The van der Waals surface area contributed by atoms with Crippen LogP contribution in [0.4, 0.5) is 0 Å². The van der Waals surface area contributed by atoms with Crippen molar-refractivity contribution in [1.29, 1.82) is 0 Å². The molecule has 2 aromatic carbocycles. The minimum absolute atomic E-state index is 0.143. The summed E-state index contributed by atoms with van der Waals surface area (Å²) in [5, 5.41) is 0. The third kappa shape index (κ3) is 3.94. The van der Waals surface area contributed by atoms with Gasteiger partial charge in [0.15, 0.2) is 5.78 Å². The second kappa shape index (κ2) is 7.56. The molecule has 0 saturated carbocycles. The molecule has 1 aliphatic rings. The van der Waals surface area contributed by atoms with Crippen molar-refractivity contribution in [3.05, 3.63) is 70.8 Å². The summed E-state index contributed by atoms with van der Waals surface area (Å²) in [6, 6.07) is 12.3. The van der Waals surface area contributed by atoms with Gasteiger partial charge in [-0.05, 0) is 68.2 Å². The SMILES string of the molecule is Cc1ccc(/C=C/C(=O)c2ccc(S(=O)(=O)N3CCCC3)cc2)c(C)c1. The Balaban J connectivity index is 1.75. The number of benzene rings is 2.